The van der Waals surface area contributed by atoms with Gasteiger partial charge in [-0.2, -0.15) is 0 Å². The maximum absolute atomic E-state index is 11.5. The lowest BCUT2D eigenvalue weighted by atomic mass is 10.1. The minimum absolute atomic E-state index is 0.300. The SMILES string of the molecule is CCCCCCCCCCCC(OC(=O)/C=C/C(=O)O)N(C)C. The Morgan fingerprint density at radius 2 is 1.48 bits per heavy atom. The first kappa shape index (κ1) is 21.6. The van der Waals surface area contributed by atoms with E-state index >= 15 is 0 Å². The second-order valence-corrected chi connectivity index (χ2v) is 6.14. The zero-order valence-electron chi connectivity index (χ0n) is 14.9. The van der Waals surface area contributed by atoms with Crippen molar-refractivity contribution < 1.29 is 19.4 Å². The molecule has 1 N–H and O–H groups in total. The molecule has 0 bridgehead atoms. The Kier molecular flexibility index (Phi) is 13.4. The molecule has 0 rings (SSSR count). The monoisotopic (exact) mass is 327 g/mol. The van der Waals surface area contributed by atoms with Crippen LogP contribution in [-0.4, -0.2) is 42.3 Å². The van der Waals surface area contributed by atoms with Gasteiger partial charge in [-0.15, -0.1) is 0 Å². The molecule has 0 radical (unpaired) electrons. The highest BCUT2D eigenvalue weighted by molar-refractivity contribution is 5.90. The highest BCUT2D eigenvalue weighted by Crippen LogP contribution is 2.13. The van der Waals surface area contributed by atoms with Crippen LogP contribution in [0.1, 0.15) is 71.1 Å². The first-order valence-corrected chi connectivity index (χ1v) is 8.75. The third-order valence-corrected chi connectivity index (χ3v) is 3.74. The summed E-state index contributed by atoms with van der Waals surface area (Å²) in [6.45, 7) is 2.23. The van der Waals surface area contributed by atoms with E-state index in [0.717, 1.165) is 31.4 Å². The molecule has 5 heteroatoms. The number of carboxylic acid groups (broad SMARTS) is 1. The van der Waals surface area contributed by atoms with E-state index in [1.165, 1.54) is 44.9 Å². The van der Waals surface area contributed by atoms with Gasteiger partial charge in [0.15, 0.2) is 6.23 Å². The Morgan fingerprint density at radius 3 is 1.96 bits per heavy atom. The van der Waals surface area contributed by atoms with Crippen molar-refractivity contribution in [3.63, 3.8) is 0 Å². The largest absolute Gasteiger partial charge is 0.478 e. The number of carbonyl (C=O) groups is 2. The minimum atomic E-state index is -1.15. The van der Waals surface area contributed by atoms with Crippen LogP contribution in [0, 0.1) is 0 Å². The second-order valence-electron chi connectivity index (χ2n) is 6.14. The molecular weight excluding hydrogens is 294 g/mol. The normalized spacial score (nSPS) is 12.7. The summed E-state index contributed by atoms with van der Waals surface area (Å²) in [5, 5.41) is 8.49. The summed E-state index contributed by atoms with van der Waals surface area (Å²) in [4.78, 5) is 23.7. The number of carbonyl (C=O) groups excluding carboxylic acids is 1. The summed E-state index contributed by atoms with van der Waals surface area (Å²) in [7, 11) is 3.71. The molecule has 0 aliphatic carbocycles. The van der Waals surface area contributed by atoms with E-state index in [9.17, 15) is 9.59 Å². The van der Waals surface area contributed by atoms with Gasteiger partial charge in [-0.05, 0) is 26.9 Å². The molecule has 0 fully saturated rings. The Hall–Kier alpha value is -1.36. The number of aliphatic carboxylic acids is 1. The minimum Gasteiger partial charge on any atom is -0.478 e. The maximum Gasteiger partial charge on any atom is 0.332 e. The fourth-order valence-corrected chi connectivity index (χ4v) is 2.36. The lowest BCUT2D eigenvalue weighted by molar-refractivity contribution is -0.151. The van der Waals surface area contributed by atoms with Crippen LogP contribution >= 0.6 is 0 Å². The van der Waals surface area contributed by atoms with Crippen molar-refractivity contribution in [2.45, 2.75) is 77.4 Å². The maximum atomic E-state index is 11.5. The Morgan fingerprint density at radius 1 is 0.957 bits per heavy atom. The number of hydrogen-bond acceptors (Lipinski definition) is 4. The smallest absolute Gasteiger partial charge is 0.332 e. The molecule has 0 aliphatic heterocycles. The van der Waals surface area contributed by atoms with Crippen molar-refractivity contribution in [3.05, 3.63) is 12.2 Å². The first-order valence-electron chi connectivity index (χ1n) is 8.75. The van der Waals surface area contributed by atoms with Crippen molar-refractivity contribution in [1.29, 1.82) is 0 Å². The van der Waals surface area contributed by atoms with Gasteiger partial charge < -0.3 is 9.84 Å². The zero-order valence-corrected chi connectivity index (χ0v) is 14.9. The van der Waals surface area contributed by atoms with Gasteiger partial charge >= 0.3 is 11.9 Å². The molecule has 1 unspecified atom stereocenters. The van der Waals surface area contributed by atoms with E-state index in [0.29, 0.717) is 0 Å². The summed E-state index contributed by atoms with van der Waals surface area (Å²) >= 11 is 0. The predicted molar refractivity (Wildman–Crippen MR) is 92.2 cm³/mol. The molecule has 0 aromatic carbocycles. The average molecular weight is 327 g/mol. The Labute approximate surface area is 140 Å². The van der Waals surface area contributed by atoms with Gasteiger partial charge in [0.05, 0.1) is 0 Å². The summed E-state index contributed by atoms with van der Waals surface area (Å²) < 4.78 is 5.27. The number of esters is 1. The molecule has 0 heterocycles. The summed E-state index contributed by atoms with van der Waals surface area (Å²) in [5.74, 6) is -1.76. The van der Waals surface area contributed by atoms with E-state index in [1.807, 2.05) is 19.0 Å². The van der Waals surface area contributed by atoms with E-state index in [-0.39, 0.29) is 6.23 Å². The zero-order chi connectivity index (χ0) is 17.5. The molecule has 0 spiro atoms. The number of unbranched alkanes of at least 4 members (excludes halogenated alkanes) is 8. The first-order chi connectivity index (χ1) is 11.0. The Bertz CT molecular complexity index is 353. The molecule has 0 amide bonds. The standard InChI is InChI=1S/C18H33NO4/c1-4-5-6-7-8-9-10-11-12-13-16(19(2)3)23-18(22)15-14-17(20)21/h14-16H,4-13H2,1-3H3,(H,20,21)/b15-14+. The number of hydrogen-bond donors (Lipinski definition) is 1. The second kappa shape index (κ2) is 14.2. The van der Waals surface area contributed by atoms with Crippen LogP contribution in [0.3, 0.4) is 0 Å². The molecule has 0 aromatic rings. The Balaban J connectivity index is 3.80. The van der Waals surface area contributed by atoms with Crippen molar-refractivity contribution in [3.8, 4) is 0 Å². The van der Waals surface area contributed by atoms with Gasteiger partial charge in [0.1, 0.15) is 0 Å². The van der Waals surface area contributed by atoms with Crippen molar-refractivity contribution in [1.82, 2.24) is 4.90 Å². The van der Waals surface area contributed by atoms with E-state index in [2.05, 4.69) is 6.92 Å². The predicted octanol–water partition coefficient (Wildman–Crippen LogP) is 3.98. The summed E-state index contributed by atoms with van der Waals surface area (Å²) in [5.41, 5.74) is 0. The van der Waals surface area contributed by atoms with Gasteiger partial charge in [-0.1, -0.05) is 58.3 Å². The molecular formula is C18H33NO4. The molecule has 134 valence electrons. The molecule has 0 saturated carbocycles. The number of nitrogens with zero attached hydrogens (tertiary/aromatic N) is 1. The van der Waals surface area contributed by atoms with E-state index in [1.54, 1.807) is 0 Å². The van der Waals surface area contributed by atoms with Gasteiger partial charge in [0.2, 0.25) is 0 Å². The fraction of sp³-hybridized carbons (Fsp3) is 0.778. The van der Waals surface area contributed by atoms with E-state index < -0.39 is 11.9 Å². The number of rotatable bonds is 14. The van der Waals surface area contributed by atoms with Gasteiger partial charge in [0.25, 0.3) is 0 Å². The van der Waals surface area contributed by atoms with Crippen LogP contribution in [0.25, 0.3) is 0 Å². The van der Waals surface area contributed by atoms with Crippen LogP contribution in [0.15, 0.2) is 12.2 Å². The van der Waals surface area contributed by atoms with Crippen LogP contribution in [0.5, 0.6) is 0 Å². The van der Waals surface area contributed by atoms with Gasteiger partial charge in [0, 0.05) is 12.2 Å². The van der Waals surface area contributed by atoms with E-state index in [4.69, 9.17) is 9.84 Å². The van der Waals surface area contributed by atoms with Crippen molar-refractivity contribution >= 4 is 11.9 Å². The molecule has 0 aromatic heterocycles. The highest BCUT2D eigenvalue weighted by atomic mass is 16.6. The molecule has 0 saturated heterocycles. The lowest BCUT2D eigenvalue weighted by Crippen LogP contribution is -2.32. The van der Waals surface area contributed by atoms with Gasteiger partial charge in [-0.25, -0.2) is 9.59 Å². The van der Waals surface area contributed by atoms with Crippen molar-refractivity contribution in [2.24, 2.45) is 0 Å². The number of ether oxygens (including phenoxy) is 1. The van der Waals surface area contributed by atoms with Crippen LogP contribution in [0.2, 0.25) is 0 Å². The van der Waals surface area contributed by atoms with Crippen LogP contribution < -0.4 is 0 Å². The van der Waals surface area contributed by atoms with Crippen LogP contribution in [-0.2, 0) is 14.3 Å². The quantitative estimate of drug-likeness (QED) is 0.226. The topological polar surface area (TPSA) is 66.8 Å². The van der Waals surface area contributed by atoms with Crippen LogP contribution in [0.4, 0.5) is 0 Å². The van der Waals surface area contributed by atoms with Crippen molar-refractivity contribution in [2.75, 3.05) is 14.1 Å². The molecule has 5 nitrogen and oxygen atoms in total. The molecule has 1 atom stereocenters. The summed E-state index contributed by atoms with van der Waals surface area (Å²) in [6.07, 6.45) is 13.5. The van der Waals surface area contributed by atoms with Gasteiger partial charge in [-0.3, -0.25) is 4.90 Å². The molecule has 23 heavy (non-hydrogen) atoms. The fourth-order valence-electron chi connectivity index (χ4n) is 2.36. The highest BCUT2D eigenvalue weighted by Gasteiger charge is 2.14. The third kappa shape index (κ3) is 14.0. The lowest BCUT2D eigenvalue weighted by Gasteiger charge is -2.23. The number of carboxylic acids is 1. The average Bonchev–Trinajstić information content (AvgIpc) is 2.49. The third-order valence-electron chi connectivity index (χ3n) is 3.74. The molecule has 0 aliphatic rings. The summed E-state index contributed by atoms with van der Waals surface area (Å²) in [6, 6.07) is 0.